The summed E-state index contributed by atoms with van der Waals surface area (Å²) in [6.07, 6.45) is 4.15. The highest BCUT2D eigenvalue weighted by Crippen LogP contribution is 2.25. The molecule has 156 valence electrons. The van der Waals surface area contributed by atoms with E-state index >= 15 is 0 Å². The first kappa shape index (κ1) is 20.0. The van der Waals surface area contributed by atoms with Gasteiger partial charge in [0.05, 0.1) is 12.3 Å². The summed E-state index contributed by atoms with van der Waals surface area (Å²) in [6.45, 7) is 9.17. The van der Waals surface area contributed by atoms with Crippen molar-refractivity contribution >= 4 is 6.03 Å². The summed E-state index contributed by atoms with van der Waals surface area (Å²) in [6, 6.07) is 12.8. The van der Waals surface area contributed by atoms with Crippen LogP contribution in [0.4, 0.5) is 4.79 Å². The highest BCUT2D eigenvalue weighted by molar-refractivity contribution is 5.74. The minimum Gasteiger partial charge on any atom is -0.468 e. The number of urea groups is 1. The summed E-state index contributed by atoms with van der Waals surface area (Å²) in [5, 5.41) is 3.16. The van der Waals surface area contributed by atoms with Crippen LogP contribution in [-0.2, 0) is 6.54 Å². The summed E-state index contributed by atoms with van der Waals surface area (Å²) in [4.78, 5) is 19.5. The summed E-state index contributed by atoms with van der Waals surface area (Å²) in [7, 11) is 0. The van der Waals surface area contributed by atoms with Crippen LogP contribution < -0.4 is 5.32 Å². The molecule has 29 heavy (non-hydrogen) atoms. The highest BCUT2D eigenvalue weighted by Gasteiger charge is 2.27. The van der Waals surface area contributed by atoms with Gasteiger partial charge in [0, 0.05) is 39.3 Å². The first-order chi connectivity index (χ1) is 14.2. The molecule has 2 aliphatic rings. The number of piperazine rings is 1. The number of hydrogen-bond acceptors (Lipinski definition) is 4. The lowest BCUT2D eigenvalue weighted by Crippen LogP contribution is -2.52. The Morgan fingerprint density at radius 3 is 2.55 bits per heavy atom. The van der Waals surface area contributed by atoms with Gasteiger partial charge in [-0.15, -0.1) is 0 Å². The number of nitrogens with one attached hydrogen (secondary N) is 1. The molecule has 0 radical (unpaired) electrons. The number of benzene rings is 1. The summed E-state index contributed by atoms with van der Waals surface area (Å²) >= 11 is 0. The smallest absolute Gasteiger partial charge is 0.317 e. The van der Waals surface area contributed by atoms with Gasteiger partial charge in [-0.25, -0.2) is 4.79 Å². The molecule has 6 nitrogen and oxygen atoms in total. The van der Waals surface area contributed by atoms with E-state index in [-0.39, 0.29) is 12.1 Å². The standard InChI is InChI=1S/C23H32N4O2/c1-19-6-4-7-20(16-19)18-25-11-13-27(14-12-25)23(28)24-17-21(22-8-5-15-29-22)26-9-2-3-10-26/h4-8,15-16,21H,2-3,9-14,17-18H2,1H3,(H,24,28)/t21-/m1/s1. The molecule has 4 rings (SSSR count). The molecule has 3 heterocycles. The zero-order valence-electron chi connectivity index (χ0n) is 17.3. The topological polar surface area (TPSA) is 52.0 Å². The monoisotopic (exact) mass is 396 g/mol. The highest BCUT2D eigenvalue weighted by atomic mass is 16.3. The molecule has 2 amide bonds. The average molecular weight is 397 g/mol. The van der Waals surface area contributed by atoms with Gasteiger partial charge in [-0.1, -0.05) is 29.8 Å². The average Bonchev–Trinajstić information content (AvgIpc) is 3.43. The predicted octanol–water partition coefficient (Wildman–Crippen LogP) is 3.25. The van der Waals surface area contributed by atoms with Gasteiger partial charge >= 0.3 is 6.03 Å². The van der Waals surface area contributed by atoms with Gasteiger partial charge in [0.1, 0.15) is 5.76 Å². The molecule has 0 aliphatic carbocycles. The Kier molecular flexibility index (Phi) is 6.52. The molecule has 0 saturated carbocycles. The molecule has 1 N–H and O–H groups in total. The Balaban J connectivity index is 1.26. The molecule has 1 atom stereocenters. The third-order valence-electron chi connectivity index (χ3n) is 6.05. The maximum atomic E-state index is 12.7. The third-order valence-corrected chi connectivity index (χ3v) is 6.05. The van der Waals surface area contributed by atoms with Gasteiger partial charge in [0.2, 0.25) is 0 Å². The van der Waals surface area contributed by atoms with Crippen molar-refractivity contribution in [3.63, 3.8) is 0 Å². The van der Waals surface area contributed by atoms with Gasteiger partial charge < -0.3 is 14.6 Å². The van der Waals surface area contributed by atoms with Crippen molar-refractivity contribution in [1.82, 2.24) is 20.0 Å². The van der Waals surface area contributed by atoms with Crippen LogP contribution in [0, 0.1) is 6.92 Å². The van der Waals surface area contributed by atoms with E-state index < -0.39 is 0 Å². The molecule has 1 aromatic carbocycles. The largest absolute Gasteiger partial charge is 0.468 e. The fourth-order valence-electron chi connectivity index (χ4n) is 4.42. The number of rotatable bonds is 6. The lowest BCUT2D eigenvalue weighted by molar-refractivity contribution is 0.131. The second kappa shape index (κ2) is 9.46. The maximum absolute atomic E-state index is 12.7. The van der Waals surface area contributed by atoms with Gasteiger partial charge in [-0.2, -0.15) is 0 Å². The number of carbonyl (C=O) groups excluding carboxylic acids is 1. The molecular weight excluding hydrogens is 364 g/mol. The number of carbonyl (C=O) groups is 1. The molecule has 6 heteroatoms. The van der Waals surface area contributed by atoms with Crippen molar-refractivity contribution in [3.8, 4) is 0 Å². The Morgan fingerprint density at radius 1 is 1.07 bits per heavy atom. The molecule has 2 aliphatic heterocycles. The van der Waals surface area contributed by atoms with Gasteiger partial charge in [0.15, 0.2) is 0 Å². The number of hydrogen-bond donors (Lipinski definition) is 1. The van der Waals surface area contributed by atoms with Crippen molar-refractivity contribution in [3.05, 3.63) is 59.5 Å². The zero-order chi connectivity index (χ0) is 20.1. The molecule has 0 unspecified atom stereocenters. The number of aryl methyl sites for hydroxylation is 1. The number of furan rings is 1. The molecule has 2 aromatic rings. The minimum atomic E-state index is 0.0379. The third kappa shape index (κ3) is 5.19. The van der Waals surface area contributed by atoms with Crippen molar-refractivity contribution in [1.29, 1.82) is 0 Å². The molecule has 2 fully saturated rings. The van der Waals surface area contributed by atoms with Gasteiger partial charge in [-0.3, -0.25) is 9.80 Å². The number of nitrogens with zero attached hydrogens (tertiary/aromatic N) is 3. The first-order valence-electron chi connectivity index (χ1n) is 10.8. The van der Waals surface area contributed by atoms with Crippen molar-refractivity contribution < 1.29 is 9.21 Å². The molecule has 0 spiro atoms. The van der Waals surface area contributed by atoms with Crippen LogP contribution in [0.3, 0.4) is 0 Å². The molecule has 0 bridgehead atoms. The molecule has 2 saturated heterocycles. The summed E-state index contributed by atoms with van der Waals surface area (Å²) in [5.74, 6) is 0.940. The van der Waals surface area contributed by atoms with Crippen LogP contribution >= 0.6 is 0 Å². The van der Waals surface area contributed by atoms with E-state index in [4.69, 9.17) is 4.42 Å². The molecular formula is C23H32N4O2. The van der Waals surface area contributed by atoms with E-state index in [0.29, 0.717) is 6.54 Å². The van der Waals surface area contributed by atoms with E-state index in [1.165, 1.54) is 24.0 Å². The van der Waals surface area contributed by atoms with E-state index in [1.54, 1.807) is 6.26 Å². The number of amides is 2. The van der Waals surface area contributed by atoms with Crippen LogP contribution in [0.25, 0.3) is 0 Å². The zero-order valence-corrected chi connectivity index (χ0v) is 17.3. The Morgan fingerprint density at radius 2 is 1.86 bits per heavy atom. The normalized spacial score (nSPS) is 19.4. The van der Waals surface area contributed by atoms with Crippen LogP contribution in [0.2, 0.25) is 0 Å². The van der Waals surface area contributed by atoms with Gasteiger partial charge in [0.25, 0.3) is 0 Å². The van der Waals surface area contributed by atoms with Crippen LogP contribution in [0.15, 0.2) is 47.1 Å². The fourth-order valence-corrected chi connectivity index (χ4v) is 4.42. The Hall–Kier alpha value is -2.31. The Bertz CT molecular complexity index is 778. The predicted molar refractivity (Wildman–Crippen MR) is 114 cm³/mol. The minimum absolute atomic E-state index is 0.0379. The summed E-state index contributed by atoms with van der Waals surface area (Å²) < 4.78 is 5.65. The quantitative estimate of drug-likeness (QED) is 0.814. The second-order valence-electron chi connectivity index (χ2n) is 8.21. The molecule has 1 aromatic heterocycles. The van der Waals surface area contributed by atoms with Crippen LogP contribution in [-0.4, -0.2) is 66.5 Å². The van der Waals surface area contributed by atoms with E-state index in [2.05, 4.69) is 46.3 Å². The number of likely N-dealkylation sites (tertiary alicyclic amines) is 1. The first-order valence-corrected chi connectivity index (χ1v) is 10.8. The van der Waals surface area contributed by atoms with Crippen molar-refractivity contribution in [2.45, 2.75) is 32.4 Å². The maximum Gasteiger partial charge on any atom is 0.317 e. The summed E-state index contributed by atoms with van der Waals surface area (Å²) in [5.41, 5.74) is 2.64. The van der Waals surface area contributed by atoms with Crippen LogP contribution in [0.5, 0.6) is 0 Å². The van der Waals surface area contributed by atoms with E-state index in [0.717, 1.165) is 51.6 Å². The van der Waals surface area contributed by atoms with Crippen molar-refractivity contribution in [2.75, 3.05) is 45.8 Å². The Labute approximate surface area is 173 Å². The fraction of sp³-hybridized carbons (Fsp3) is 0.522. The lowest BCUT2D eigenvalue weighted by Gasteiger charge is -2.35. The van der Waals surface area contributed by atoms with Crippen molar-refractivity contribution in [2.24, 2.45) is 0 Å². The van der Waals surface area contributed by atoms with Gasteiger partial charge in [-0.05, 0) is 50.6 Å². The van der Waals surface area contributed by atoms with E-state index in [9.17, 15) is 4.79 Å². The lowest BCUT2D eigenvalue weighted by atomic mass is 10.1. The second-order valence-corrected chi connectivity index (χ2v) is 8.21. The SMILES string of the molecule is Cc1cccc(CN2CCN(C(=O)NC[C@H](c3ccco3)N3CCCC3)CC2)c1. The van der Waals surface area contributed by atoms with E-state index in [1.807, 2.05) is 17.0 Å². The van der Waals surface area contributed by atoms with Crippen LogP contribution in [0.1, 0.15) is 35.8 Å².